The van der Waals surface area contributed by atoms with Gasteiger partial charge in [-0.05, 0) is 24.4 Å². The van der Waals surface area contributed by atoms with Crippen molar-refractivity contribution >= 4 is 23.5 Å². The lowest BCUT2D eigenvalue weighted by Gasteiger charge is -2.26. The van der Waals surface area contributed by atoms with E-state index in [0.717, 1.165) is 39.4 Å². The average Bonchev–Trinajstić information content (AvgIpc) is 2.57. The van der Waals surface area contributed by atoms with E-state index in [1.54, 1.807) is 18.2 Å². The summed E-state index contributed by atoms with van der Waals surface area (Å²) in [5.74, 6) is 0.451. The van der Waals surface area contributed by atoms with Crippen LogP contribution in [0.1, 0.15) is 5.56 Å². The third-order valence-corrected chi connectivity index (χ3v) is 3.67. The maximum atomic E-state index is 9.93. The van der Waals surface area contributed by atoms with Crippen LogP contribution < -0.4 is 15.5 Å². The highest BCUT2D eigenvalue weighted by Gasteiger charge is 2.09. The third-order valence-electron chi connectivity index (χ3n) is 3.44. The number of phenolic OH excluding ortho intramolecular Hbond substituents is 1. The fraction of sp³-hybridized carbons (Fsp3) is 0.467. The van der Waals surface area contributed by atoms with Crippen molar-refractivity contribution in [1.29, 1.82) is 0 Å². The molecule has 0 unspecified atom stereocenters. The number of nitrogens with zero attached hydrogens (tertiary/aromatic N) is 2. The van der Waals surface area contributed by atoms with Gasteiger partial charge in [-0.15, -0.1) is 0 Å². The van der Waals surface area contributed by atoms with Crippen LogP contribution in [0.15, 0.2) is 23.3 Å². The summed E-state index contributed by atoms with van der Waals surface area (Å²) in [6, 6.07) is 5.19. The molecule has 126 valence electrons. The number of ether oxygens (including phenoxy) is 2. The number of morpholine rings is 1. The van der Waals surface area contributed by atoms with Crippen LogP contribution in [0.3, 0.4) is 0 Å². The van der Waals surface area contributed by atoms with Gasteiger partial charge in [0.2, 0.25) is 0 Å². The van der Waals surface area contributed by atoms with Crippen molar-refractivity contribution in [2.24, 2.45) is 5.10 Å². The molecule has 1 aliphatic heterocycles. The Bertz CT molecular complexity index is 548. The lowest BCUT2D eigenvalue weighted by molar-refractivity contribution is 0.0389. The molecule has 0 radical (unpaired) electrons. The van der Waals surface area contributed by atoms with Crippen LogP contribution in [-0.4, -0.2) is 67.8 Å². The second kappa shape index (κ2) is 9.29. The maximum Gasteiger partial charge on any atom is 0.187 e. The van der Waals surface area contributed by atoms with E-state index in [0.29, 0.717) is 16.4 Å². The van der Waals surface area contributed by atoms with Gasteiger partial charge < -0.3 is 19.9 Å². The molecule has 8 heteroatoms. The van der Waals surface area contributed by atoms with Crippen LogP contribution >= 0.6 is 12.2 Å². The fourth-order valence-corrected chi connectivity index (χ4v) is 2.32. The molecule has 0 aliphatic carbocycles. The van der Waals surface area contributed by atoms with E-state index in [2.05, 4.69) is 20.7 Å². The molecule has 1 saturated heterocycles. The lowest BCUT2D eigenvalue weighted by atomic mass is 10.2. The smallest absolute Gasteiger partial charge is 0.187 e. The molecule has 1 heterocycles. The molecule has 2 rings (SSSR count). The first kappa shape index (κ1) is 17.5. The van der Waals surface area contributed by atoms with Gasteiger partial charge in [-0.2, -0.15) is 5.10 Å². The zero-order chi connectivity index (χ0) is 16.5. The normalized spacial score (nSPS) is 15.5. The van der Waals surface area contributed by atoms with Crippen LogP contribution in [0.5, 0.6) is 11.5 Å². The number of aromatic hydroxyl groups is 1. The Morgan fingerprint density at radius 3 is 3.00 bits per heavy atom. The van der Waals surface area contributed by atoms with E-state index in [4.69, 9.17) is 21.7 Å². The number of nitrogens with one attached hydrogen (secondary N) is 2. The van der Waals surface area contributed by atoms with E-state index < -0.39 is 0 Å². The Labute approximate surface area is 141 Å². The molecule has 0 atom stereocenters. The molecule has 3 N–H and O–H groups in total. The molecule has 0 amide bonds. The van der Waals surface area contributed by atoms with Crippen LogP contribution in [-0.2, 0) is 4.74 Å². The first-order chi connectivity index (χ1) is 11.2. The number of benzene rings is 1. The number of hydrazone groups is 1. The molecule has 0 saturated carbocycles. The molecule has 0 spiro atoms. The number of phenols is 1. The van der Waals surface area contributed by atoms with Crippen LogP contribution in [0.2, 0.25) is 0 Å². The van der Waals surface area contributed by atoms with E-state index in [1.165, 1.54) is 13.3 Å². The molecular formula is C15H22N4O3S. The summed E-state index contributed by atoms with van der Waals surface area (Å²) in [5, 5.41) is 17.5. The van der Waals surface area contributed by atoms with Gasteiger partial charge in [0.25, 0.3) is 0 Å². The Balaban J connectivity index is 1.71. The summed E-state index contributed by atoms with van der Waals surface area (Å²) in [5.41, 5.74) is 3.28. The van der Waals surface area contributed by atoms with Gasteiger partial charge in [0.1, 0.15) is 0 Å². The minimum Gasteiger partial charge on any atom is -0.504 e. The summed E-state index contributed by atoms with van der Waals surface area (Å²) in [7, 11) is 1.50. The van der Waals surface area contributed by atoms with Gasteiger partial charge >= 0.3 is 0 Å². The summed E-state index contributed by atoms with van der Waals surface area (Å²) in [4.78, 5) is 2.32. The summed E-state index contributed by atoms with van der Waals surface area (Å²) in [6.45, 7) is 5.13. The van der Waals surface area contributed by atoms with Gasteiger partial charge in [-0.1, -0.05) is 6.07 Å². The van der Waals surface area contributed by atoms with Crippen LogP contribution in [0.25, 0.3) is 0 Å². The maximum absolute atomic E-state index is 9.93. The Kier molecular flexibility index (Phi) is 7.05. The van der Waals surface area contributed by atoms with Crippen LogP contribution in [0, 0.1) is 0 Å². The predicted molar refractivity (Wildman–Crippen MR) is 93.2 cm³/mol. The fourth-order valence-electron chi connectivity index (χ4n) is 2.16. The molecule has 1 aromatic rings. The predicted octanol–water partition coefficient (Wildman–Crippen LogP) is 0.531. The second-order valence-corrected chi connectivity index (χ2v) is 5.39. The number of thiocarbonyl (C=S) groups is 1. The number of methoxy groups -OCH3 is 1. The van der Waals surface area contributed by atoms with Gasteiger partial charge in [0.05, 0.1) is 26.5 Å². The molecule has 0 bridgehead atoms. The molecule has 23 heavy (non-hydrogen) atoms. The summed E-state index contributed by atoms with van der Waals surface area (Å²) < 4.78 is 10.3. The Morgan fingerprint density at radius 1 is 1.48 bits per heavy atom. The first-order valence-electron chi connectivity index (χ1n) is 7.43. The number of hydrogen-bond donors (Lipinski definition) is 3. The summed E-state index contributed by atoms with van der Waals surface area (Å²) in [6.07, 6.45) is 1.49. The highest BCUT2D eigenvalue weighted by Crippen LogP contribution is 2.27. The molecule has 0 aromatic heterocycles. The number of hydrogen-bond acceptors (Lipinski definition) is 6. The minimum absolute atomic E-state index is 0.0479. The van der Waals surface area contributed by atoms with Crippen molar-refractivity contribution in [3.05, 3.63) is 23.8 Å². The van der Waals surface area contributed by atoms with E-state index in [1.807, 2.05) is 0 Å². The van der Waals surface area contributed by atoms with Gasteiger partial charge in [-0.3, -0.25) is 10.3 Å². The average molecular weight is 338 g/mol. The van der Waals surface area contributed by atoms with Gasteiger partial charge in [-0.25, -0.2) is 0 Å². The summed E-state index contributed by atoms with van der Waals surface area (Å²) >= 11 is 5.15. The van der Waals surface area contributed by atoms with Crippen molar-refractivity contribution in [1.82, 2.24) is 15.6 Å². The first-order valence-corrected chi connectivity index (χ1v) is 7.84. The van der Waals surface area contributed by atoms with Gasteiger partial charge in [0.15, 0.2) is 16.6 Å². The van der Waals surface area contributed by atoms with Crippen molar-refractivity contribution in [3.8, 4) is 11.5 Å². The van der Waals surface area contributed by atoms with E-state index in [9.17, 15) is 5.11 Å². The second-order valence-electron chi connectivity index (χ2n) is 4.98. The molecule has 1 aliphatic rings. The van der Waals surface area contributed by atoms with Crippen molar-refractivity contribution in [3.63, 3.8) is 0 Å². The highest BCUT2D eigenvalue weighted by atomic mass is 32.1. The quantitative estimate of drug-likeness (QED) is 0.397. The van der Waals surface area contributed by atoms with Gasteiger partial charge in [0, 0.05) is 31.7 Å². The zero-order valence-corrected chi connectivity index (χ0v) is 13.9. The van der Waals surface area contributed by atoms with Crippen molar-refractivity contribution in [2.75, 3.05) is 46.5 Å². The topological polar surface area (TPSA) is 78.4 Å². The third kappa shape index (κ3) is 5.66. The number of para-hydroxylation sites is 1. The largest absolute Gasteiger partial charge is 0.504 e. The monoisotopic (exact) mass is 338 g/mol. The standard InChI is InChI=1S/C15H22N4O3S/c1-21-13-4-2-3-12(14(13)20)11-17-18-15(23)16-5-6-19-7-9-22-10-8-19/h2-4,11,20H,5-10H2,1H3,(H2,16,18,23)/b17-11+. The number of rotatable bonds is 6. The minimum atomic E-state index is 0.0479. The molecular weight excluding hydrogens is 316 g/mol. The SMILES string of the molecule is COc1cccc(/C=N/NC(=S)NCCN2CCOCC2)c1O. The molecule has 1 aromatic carbocycles. The van der Waals surface area contributed by atoms with Crippen LogP contribution in [0.4, 0.5) is 0 Å². The lowest BCUT2D eigenvalue weighted by Crippen LogP contribution is -2.42. The van der Waals surface area contributed by atoms with E-state index >= 15 is 0 Å². The Hall–Kier alpha value is -1.90. The molecule has 7 nitrogen and oxygen atoms in total. The zero-order valence-electron chi connectivity index (χ0n) is 13.1. The van der Waals surface area contributed by atoms with Crippen molar-refractivity contribution in [2.45, 2.75) is 0 Å². The van der Waals surface area contributed by atoms with Crippen molar-refractivity contribution < 1.29 is 14.6 Å². The highest BCUT2D eigenvalue weighted by molar-refractivity contribution is 7.80. The Morgan fingerprint density at radius 2 is 2.26 bits per heavy atom. The molecule has 1 fully saturated rings. The van der Waals surface area contributed by atoms with E-state index in [-0.39, 0.29) is 5.75 Å².